The second kappa shape index (κ2) is 6.56. The first-order valence-corrected chi connectivity index (χ1v) is 6.00. The Balaban J connectivity index is 0. The highest BCUT2D eigenvalue weighted by Crippen LogP contribution is 2.00. The number of rotatable bonds is 2. The lowest BCUT2D eigenvalue weighted by Gasteiger charge is -2.12. The smallest absolute Gasteiger partial charge is 0.209 e. The maximum Gasteiger partial charge on any atom is 0.209 e. The van der Waals surface area contributed by atoms with Crippen molar-refractivity contribution in [3.8, 4) is 0 Å². The fourth-order valence-electron chi connectivity index (χ4n) is 0.0833. The molecule has 58 valence electrons. The molecule has 0 atom stereocenters. The van der Waals surface area contributed by atoms with Gasteiger partial charge in [-0.2, -0.15) is 0 Å². The molecule has 0 N–H and O–H groups in total. The van der Waals surface area contributed by atoms with E-state index in [1.165, 1.54) is 0 Å². The van der Waals surface area contributed by atoms with E-state index in [4.69, 9.17) is 4.43 Å². The Hall–Kier alpha value is -0.563. The lowest BCUT2D eigenvalue weighted by molar-refractivity contribution is 0.415. The Morgan fingerprint density at radius 2 is 1.70 bits per heavy atom. The van der Waals surface area contributed by atoms with Crippen LogP contribution in [0.25, 0.3) is 0 Å². The molecule has 0 aliphatic heterocycles. The van der Waals surface area contributed by atoms with Crippen LogP contribution in [-0.4, -0.2) is 15.4 Å². The van der Waals surface area contributed by atoms with E-state index in [1.54, 1.807) is 7.11 Å². The molecule has 0 aromatic heterocycles. The Labute approximate surface area is 64.8 Å². The van der Waals surface area contributed by atoms with Gasteiger partial charge >= 0.3 is 0 Å². The molecule has 0 aromatic carbocycles. The van der Waals surface area contributed by atoms with Gasteiger partial charge < -0.3 is 4.43 Å². The molecular weight excluding hydrogens is 140 g/mol. The number of hydrogen-bond acceptors (Lipinski definition) is 1. The van der Waals surface area contributed by atoms with E-state index >= 15 is 0 Å². The van der Waals surface area contributed by atoms with Crippen LogP contribution in [0.1, 0.15) is 0 Å². The van der Waals surface area contributed by atoms with Crippen molar-refractivity contribution < 1.29 is 4.43 Å². The van der Waals surface area contributed by atoms with Crippen LogP contribution in [0, 0.1) is 0 Å². The molecule has 0 radical (unpaired) electrons. The van der Waals surface area contributed by atoms with E-state index in [0.29, 0.717) is 0 Å². The molecule has 0 amide bonds. The Kier molecular flexibility index (Phi) is 7.96. The van der Waals surface area contributed by atoms with Crippen molar-refractivity contribution in [2.45, 2.75) is 13.1 Å². The van der Waals surface area contributed by atoms with Gasteiger partial charge in [0.2, 0.25) is 8.32 Å². The quantitative estimate of drug-likeness (QED) is 0.441. The van der Waals surface area contributed by atoms with Crippen LogP contribution in [0.3, 0.4) is 0 Å². The van der Waals surface area contributed by atoms with Crippen LogP contribution in [0.4, 0.5) is 0 Å². The largest absolute Gasteiger partial charge is 0.417 e. The zero-order valence-electron chi connectivity index (χ0n) is 7.11. The lowest BCUT2D eigenvalue weighted by Crippen LogP contribution is -2.24. The van der Waals surface area contributed by atoms with Crippen molar-refractivity contribution >= 4 is 8.32 Å². The highest BCUT2D eigenvalue weighted by molar-refractivity contribution is 6.76. The average Bonchev–Trinajstić information content (AvgIpc) is 1.90. The normalized spacial score (nSPS) is 8.70. The summed E-state index contributed by atoms with van der Waals surface area (Å²) in [6.07, 6.45) is 0. The fourth-order valence-corrected chi connectivity index (χ4v) is 0.250. The van der Waals surface area contributed by atoms with Crippen LogP contribution >= 0.6 is 0 Å². The topological polar surface area (TPSA) is 9.23 Å². The van der Waals surface area contributed by atoms with Gasteiger partial charge in [-0.05, 0) is 13.1 Å². The van der Waals surface area contributed by atoms with Gasteiger partial charge in [-0.3, -0.25) is 0 Å². The Morgan fingerprint density at radius 3 is 1.70 bits per heavy atom. The van der Waals surface area contributed by atoms with E-state index < -0.39 is 8.32 Å². The third-order valence-electron chi connectivity index (χ3n) is 1.02. The molecule has 0 spiro atoms. The van der Waals surface area contributed by atoms with Crippen LogP contribution in [0.5, 0.6) is 0 Å². The first-order valence-electron chi connectivity index (χ1n) is 3.02. The van der Waals surface area contributed by atoms with Gasteiger partial charge in [-0.25, -0.2) is 0 Å². The summed E-state index contributed by atoms with van der Waals surface area (Å²) in [5.41, 5.74) is 4.16. The summed E-state index contributed by atoms with van der Waals surface area (Å²) in [5.74, 6) is 0. The van der Waals surface area contributed by atoms with E-state index in [2.05, 4.69) is 38.6 Å². The molecule has 0 fully saturated rings. The van der Waals surface area contributed by atoms with Crippen LogP contribution < -0.4 is 0 Å². The van der Waals surface area contributed by atoms with Crippen molar-refractivity contribution in [3.63, 3.8) is 0 Å². The molecule has 0 aromatic rings. The van der Waals surface area contributed by atoms with Gasteiger partial charge in [-0.15, -0.1) is 12.3 Å². The average molecular weight is 156 g/mol. The summed E-state index contributed by atoms with van der Waals surface area (Å²) in [4.78, 5) is 0. The first-order chi connectivity index (χ1) is 4.54. The van der Waals surface area contributed by atoms with Crippen LogP contribution in [-0.2, 0) is 4.43 Å². The first kappa shape index (κ1) is 12.1. The minimum Gasteiger partial charge on any atom is -0.417 e. The van der Waals surface area contributed by atoms with E-state index in [-0.39, 0.29) is 0 Å². The molecule has 0 aliphatic carbocycles. The summed E-state index contributed by atoms with van der Waals surface area (Å²) in [5, 5.41) is 0. The second-order valence-corrected chi connectivity index (χ2v) is 6.29. The fraction of sp³-hybridized carbons (Fsp3) is 0.375. The van der Waals surface area contributed by atoms with Crippen molar-refractivity contribution in [1.29, 1.82) is 0 Å². The summed E-state index contributed by atoms with van der Waals surface area (Å²) in [6, 6.07) is 0. The van der Waals surface area contributed by atoms with Gasteiger partial charge in [-0.1, -0.05) is 18.9 Å². The Morgan fingerprint density at radius 1 is 1.40 bits per heavy atom. The zero-order valence-corrected chi connectivity index (χ0v) is 8.11. The minimum atomic E-state index is -1.39. The molecule has 10 heavy (non-hydrogen) atoms. The lowest BCUT2D eigenvalue weighted by atomic mass is 11.0. The van der Waals surface area contributed by atoms with Gasteiger partial charge in [0.15, 0.2) is 0 Å². The number of hydrogen-bond donors (Lipinski definition) is 0. The van der Waals surface area contributed by atoms with Crippen molar-refractivity contribution in [2.75, 3.05) is 7.11 Å². The molecule has 0 aliphatic rings. The summed E-state index contributed by atoms with van der Waals surface area (Å²) >= 11 is 0. The predicted octanol–water partition coefficient (Wildman–Crippen LogP) is 2.52. The molecular formula is C8H16OSi. The zero-order chi connectivity index (χ0) is 8.62. The Bertz CT molecular complexity index is 121. The second-order valence-electron chi connectivity index (χ2n) is 2.26. The molecule has 1 nitrogen and oxygen atoms in total. The molecule has 0 saturated heterocycles. The van der Waals surface area contributed by atoms with Gasteiger partial charge in [0.25, 0.3) is 0 Å². The van der Waals surface area contributed by atoms with E-state index in [9.17, 15) is 0 Å². The van der Waals surface area contributed by atoms with Crippen molar-refractivity contribution in [3.05, 3.63) is 31.2 Å². The van der Waals surface area contributed by atoms with Crippen LogP contribution in [0.15, 0.2) is 31.2 Å². The standard InChI is InChI=1S/C5H12OSi.C3H4/c1-5-7(3,4)6-2;1-3-2/h5H,1H2,2-4H3;1-2H2. The van der Waals surface area contributed by atoms with Gasteiger partial charge in [0, 0.05) is 7.11 Å². The third kappa shape index (κ3) is 10.4. The van der Waals surface area contributed by atoms with Gasteiger partial charge in [0.05, 0.1) is 0 Å². The highest BCUT2D eigenvalue weighted by atomic mass is 28.4. The molecule has 0 bridgehead atoms. The molecule has 0 heterocycles. The van der Waals surface area contributed by atoms with Crippen molar-refractivity contribution in [1.82, 2.24) is 0 Å². The molecule has 0 unspecified atom stereocenters. The van der Waals surface area contributed by atoms with E-state index in [0.717, 1.165) is 0 Å². The predicted molar refractivity (Wildman–Crippen MR) is 49.5 cm³/mol. The summed E-state index contributed by atoms with van der Waals surface area (Å²) < 4.78 is 5.11. The van der Waals surface area contributed by atoms with Crippen molar-refractivity contribution in [2.24, 2.45) is 0 Å². The van der Waals surface area contributed by atoms with E-state index in [1.807, 2.05) is 5.70 Å². The highest BCUT2D eigenvalue weighted by Gasteiger charge is 2.13. The molecule has 0 rings (SSSR count). The molecule has 0 saturated carbocycles. The summed E-state index contributed by atoms with van der Waals surface area (Å²) in [6.45, 7) is 14.1. The monoisotopic (exact) mass is 156 g/mol. The van der Waals surface area contributed by atoms with Gasteiger partial charge in [0.1, 0.15) is 0 Å². The SMILES string of the molecule is C=C=C.C=C[Si](C)(C)OC. The third-order valence-corrected chi connectivity index (χ3v) is 3.05. The maximum absolute atomic E-state index is 5.11. The molecule has 2 heteroatoms. The maximum atomic E-state index is 5.11. The summed E-state index contributed by atoms with van der Waals surface area (Å²) in [7, 11) is 0.343. The minimum absolute atomic E-state index is 1.39. The van der Waals surface area contributed by atoms with Crippen LogP contribution in [0.2, 0.25) is 13.1 Å².